The number of nitrogens with zero attached hydrogens (tertiary/aromatic N) is 3. The number of aromatic nitrogens is 1. The Morgan fingerprint density at radius 2 is 1.70 bits per heavy atom. The first kappa shape index (κ1) is 30.2. The van der Waals surface area contributed by atoms with E-state index in [1.165, 1.54) is 27.2 Å². The minimum absolute atomic E-state index is 0.0161. The van der Waals surface area contributed by atoms with E-state index >= 15 is 0 Å². The van der Waals surface area contributed by atoms with Crippen molar-refractivity contribution < 1.29 is 19.1 Å². The van der Waals surface area contributed by atoms with Crippen LogP contribution in [0.1, 0.15) is 63.5 Å². The molecule has 1 saturated heterocycles. The molecule has 1 aliphatic heterocycles. The number of carbonyl (C=O) groups excluding carboxylic acids is 2. The molecule has 2 aliphatic rings. The van der Waals surface area contributed by atoms with Crippen molar-refractivity contribution in [1.82, 2.24) is 14.4 Å². The van der Waals surface area contributed by atoms with Crippen LogP contribution in [0.3, 0.4) is 0 Å². The second-order valence-electron chi connectivity index (χ2n) is 13.4. The molecule has 3 aromatic carbocycles. The molecule has 44 heavy (non-hydrogen) atoms. The van der Waals surface area contributed by atoms with E-state index in [2.05, 4.69) is 82.4 Å². The highest BCUT2D eigenvalue weighted by Gasteiger charge is 2.43. The van der Waals surface area contributed by atoms with Gasteiger partial charge in [0, 0.05) is 63.0 Å². The molecule has 0 unspecified atom stereocenters. The minimum atomic E-state index is -0.594. The molecule has 0 N–H and O–H groups in total. The average Bonchev–Trinajstić information content (AvgIpc) is 3.80. The minimum Gasteiger partial charge on any atom is -0.444 e. The van der Waals surface area contributed by atoms with Crippen LogP contribution in [0, 0.1) is 5.92 Å². The number of methoxy groups -OCH3 is 1. The lowest BCUT2D eigenvalue weighted by Crippen LogP contribution is -2.51. The van der Waals surface area contributed by atoms with Crippen LogP contribution in [0.15, 0.2) is 72.9 Å². The highest BCUT2D eigenvalue weighted by atomic mass is 16.6. The summed E-state index contributed by atoms with van der Waals surface area (Å²) in [5, 5.41) is 3.55. The fraction of sp³-hybridized carbons (Fsp3) is 0.459. The second kappa shape index (κ2) is 12.6. The molecule has 4 aromatic rings. The van der Waals surface area contributed by atoms with Gasteiger partial charge in [-0.1, -0.05) is 60.7 Å². The average molecular weight is 596 g/mol. The summed E-state index contributed by atoms with van der Waals surface area (Å²) in [6.45, 7) is 8.71. The van der Waals surface area contributed by atoms with Crippen LogP contribution in [0.5, 0.6) is 0 Å². The van der Waals surface area contributed by atoms with Crippen LogP contribution in [0.2, 0.25) is 0 Å². The highest BCUT2D eigenvalue weighted by Crippen LogP contribution is 2.39. The zero-order valence-corrected chi connectivity index (χ0v) is 26.5. The van der Waals surface area contributed by atoms with Crippen molar-refractivity contribution in [2.24, 2.45) is 5.92 Å². The first-order valence-electron chi connectivity index (χ1n) is 16.0. The number of benzene rings is 3. The van der Waals surface area contributed by atoms with E-state index in [0.29, 0.717) is 32.7 Å². The van der Waals surface area contributed by atoms with Crippen molar-refractivity contribution in [3.8, 4) is 0 Å². The molecule has 7 heteroatoms. The Kier molecular flexibility index (Phi) is 8.68. The molecule has 232 valence electrons. The zero-order chi connectivity index (χ0) is 30.8. The molecule has 1 aliphatic carbocycles. The number of hydrogen-bond donors (Lipinski definition) is 0. The van der Waals surface area contributed by atoms with Gasteiger partial charge in [-0.05, 0) is 80.3 Å². The van der Waals surface area contributed by atoms with E-state index in [1.807, 2.05) is 20.8 Å². The first-order chi connectivity index (χ1) is 21.2. The van der Waals surface area contributed by atoms with Crippen molar-refractivity contribution >= 4 is 33.7 Å². The maximum absolute atomic E-state index is 14.8. The zero-order valence-electron chi connectivity index (χ0n) is 26.5. The largest absolute Gasteiger partial charge is 0.444 e. The lowest BCUT2D eigenvalue weighted by molar-refractivity contribution is -0.139. The van der Waals surface area contributed by atoms with Crippen LogP contribution in [0.25, 0.3) is 21.7 Å². The number of para-hydroxylation sites is 1. The third kappa shape index (κ3) is 6.63. The Morgan fingerprint density at radius 3 is 2.45 bits per heavy atom. The molecule has 0 radical (unpaired) electrons. The van der Waals surface area contributed by atoms with E-state index in [9.17, 15) is 9.59 Å². The topological polar surface area (TPSA) is 64.0 Å². The van der Waals surface area contributed by atoms with Crippen LogP contribution >= 0.6 is 0 Å². The summed E-state index contributed by atoms with van der Waals surface area (Å²) in [6.07, 6.45) is 5.55. The molecule has 2 atom stereocenters. The molecule has 1 aromatic heterocycles. The van der Waals surface area contributed by atoms with E-state index in [0.717, 1.165) is 31.4 Å². The molecule has 7 nitrogen and oxygen atoms in total. The fourth-order valence-corrected chi connectivity index (χ4v) is 6.71. The summed E-state index contributed by atoms with van der Waals surface area (Å²) < 4.78 is 13.4. The summed E-state index contributed by atoms with van der Waals surface area (Å²) in [7, 11) is 1.73. The maximum atomic E-state index is 14.8. The summed E-state index contributed by atoms with van der Waals surface area (Å²) in [5.74, 6) is -0.203. The van der Waals surface area contributed by atoms with Crippen LogP contribution in [-0.2, 0) is 27.4 Å². The van der Waals surface area contributed by atoms with Crippen LogP contribution in [-0.4, -0.2) is 64.8 Å². The van der Waals surface area contributed by atoms with E-state index < -0.39 is 5.60 Å². The van der Waals surface area contributed by atoms with Crippen molar-refractivity contribution in [3.05, 3.63) is 84.1 Å². The van der Waals surface area contributed by atoms with Crippen LogP contribution < -0.4 is 0 Å². The van der Waals surface area contributed by atoms with Crippen LogP contribution in [0.4, 0.5) is 4.79 Å². The summed E-state index contributed by atoms with van der Waals surface area (Å²) in [5.41, 5.74) is 2.92. The van der Waals surface area contributed by atoms with Gasteiger partial charge in [-0.3, -0.25) is 4.79 Å². The van der Waals surface area contributed by atoms with Gasteiger partial charge in [0.05, 0.1) is 5.92 Å². The molecule has 2 fully saturated rings. The number of rotatable bonds is 9. The van der Waals surface area contributed by atoms with Gasteiger partial charge in [0.25, 0.3) is 0 Å². The molecular formula is C37H45N3O4. The highest BCUT2D eigenvalue weighted by molar-refractivity contribution is 5.87. The SMILES string of the molecule is COCCCn1cc(CN(C(=O)[C@H]2CN(C(=O)OC(C)(C)C)CC[C@@H]2c2ccc3ccccc3c2)C2CC2)c2ccccc21. The number of fused-ring (bicyclic) bond motifs is 2. The Labute approximate surface area is 260 Å². The van der Waals surface area contributed by atoms with Gasteiger partial charge >= 0.3 is 6.09 Å². The Balaban J connectivity index is 1.32. The quantitative estimate of drug-likeness (QED) is 0.190. The maximum Gasteiger partial charge on any atom is 0.410 e. The van der Waals surface area contributed by atoms with E-state index in [4.69, 9.17) is 9.47 Å². The monoisotopic (exact) mass is 595 g/mol. The van der Waals surface area contributed by atoms with E-state index in [1.54, 1.807) is 12.0 Å². The second-order valence-corrected chi connectivity index (χ2v) is 13.4. The Hall–Kier alpha value is -3.84. The molecule has 2 amide bonds. The molecule has 2 heterocycles. The van der Waals surface area contributed by atoms with Gasteiger partial charge in [0.2, 0.25) is 5.91 Å². The normalized spacial score (nSPS) is 19.0. The van der Waals surface area contributed by atoms with Gasteiger partial charge in [0.1, 0.15) is 5.60 Å². The van der Waals surface area contributed by atoms with Gasteiger partial charge in [-0.2, -0.15) is 0 Å². The lowest BCUT2D eigenvalue weighted by Gasteiger charge is -2.40. The summed E-state index contributed by atoms with van der Waals surface area (Å²) in [6, 6.07) is 23.6. The number of carbonyl (C=O) groups is 2. The molecule has 0 bridgehead atoms. The molecule has 6 rings (SSSR count). The number of aryl methyl sites for hydroxylation is 1. The number of hydrogen-bond acceptors (Lipinski definition) is 4. The Morgan fingerprint density at radius 1 is 0.955 bits per heavy atom. The van der Waals surface area contributed by atoms with Crippen molar-refractivity contribution in [2.75, 3.05) is 26.8 Å². The first-order valence-corrected chi connectivity index (χ1v) is 16.0. The standard InChI is InChI=1S/C37H45N3O4/c1-37(2,3)44-36(42)39-20-18-31(28-15-14-26-10-5-6-11-27(26)22-28)33(25-39)35(41)40(30-16-17-30)24-29-23-38(19-9-21-43-4)34-13-8-7-12-32(29)34/h5-8,10-15,22-23,30-31,33H,9,16-21,24-25H2,1-4H3/t31-,33+/m1/s1. The van der Waals surface area contributed by atoms with Gasteiger partial charge < -0.3 is 23.8 Å². The Bertz CT molecular complexity index is 1630. The number of ether oxygens (including phenoxy) is 2. The predicted octanol–water partition coefficient (Wildman–Crippen LogP) is 7.36. The van der Waals surface area contributed by atoms with Crippen molar-refractivity contribution in [2.45, 2.75) is 77.1 Å². The van der Waals surface area contributed by atoms with Gasteiger partial charge in [-0.15, -0.1) is 0 Å². The third-order valence-corrected chi connectivity index (χ3v) is 9.01. The number of piperidine rings is 1. The lowest BCUT2D eigenvalue weighted by atomic mass is 9.79. The van der Waals surface area contributed by atoms with Gasteiger partial charge in [0.15, 0.2) is 0 Å². The molecular weight excluding hydrogens is 550 g/mol. The van der Waals surface area contributed by atoms with Gasteiger partial charge in [-0.25, -0.2) is 4.79 Å². The molecule has 0 spiro atoms. The fourth-order valence-electron chi connectivity index (χ4n) is 6.71. The molecule has 1 saturated carbocycles. The summed E-state index contributed by atoms with van der Waals surface area (Å²) in [4.78, 5) is 31.9. The number of amides is 2. The number of likely N-dealkylation sites (tertiary alicyclic amines) is 1. The summed E-state index contributed by atoms with van der Waals surface area (Å²) >= 11 is 0. The van der Waals surface area contributed by atoms with Crippen molar-refractivity contribution in [3.63, 3.8) is 0 Å². The van der Waals surface area contributed by atoms with E-state index in [-0.39, 0.29) is 29.9 Å². The third-order valence-electron chi connectivity index (χ3n) is 9.01. The smallest absolute Gasteiger partial charge is 0.410 e. The van der Waals surface area contributed by atoms with Crippen molar-refractivity contribution in [1.29, 1.82) is 0 Å². The predicted molar refractivity (Wildman–Crippen MR) is 175 cm³/mol.